The molecule has 0 spiro atoms. The fraction of sp³-hybridized carbons (Fsp3) is 0.222. The number of guanidine groups is 1. The molecule has 2 N–H and O–H groups in total. The molecule has 0 aliphatic carbocycles. The number of aromatic nitrogens is 1. The zero-order chi connectivity index (χ0) is 9.64. The highest BCUT2D eigenvalue weighted by molar-refractivity contribution is 5.84. The number of aliphatic imine (C=N–C) groups is 1. The van der Waals surface area contributed by atoms with Gasteiger partial charge in [0.25, 0.3) is 0 Å². The zero-order valence-electron chi connectivity index (χ0n) is 8.02. The Labute approximate surface area is 94.1 Å². The van der Waals surface area contributed by atoms with Crippen LogP contribution >= 0.6 is 0 Å². The lowest BCUT2D eigenvalue weighted by molar-refractivity contribution is -0.00000303. The smallest absolute Gasteiger partial charge is 0.212 e. The molecule has 0 saturated carbocycles. The topological polar surface area (TPSA) is 61.7 Å². The summed E-state index contributed by atoms with van der Waals surface area (Å²) in [4.78, 5) is 8.05. The molecular weight excluding hydrogens is 214 g/mol. The zero-order valence-corrected chi connectivity index (χ0v) is 8.78. The van der Waals surface area contributed by atoms with Gasteiger partial charge in [-0.1, -0.05) is 0 Å². The first-order chi connectivity index (χ1) is 6.95. The van der Waals surface area contributed by atoms with Gasteiger partial charge in [-0.3, -0.25) is 4.98 Å². The molecule has 0 fully saturated rings. The lowest BCUT2D eigenvalue weighted by Crippen LogP contribution is -3.00. The van der Waals surface area contributed by atoms with Gasteiger partial charge in [-0.15, -0.1) is 0 Å². The third-order valence-electron chi connectivity index (χ3n) is 1.76. The molecule has 0 amide bonds. The maximum Gasteiger partial charge on any atom is 0.212 e. The van der Waals surface area contributed by atoms with Crippen LogP contribution in [0.3, 0.4) is 0 Å². The van der Waals surface area contributed by atoms with Gasteiger partial charge in [-0.2, -0.15) is 5.10 Å². The Kier molecular flexibility index (Phi) is 4.56. The highest BCUT2D eigenvalue weighted by Gasteiger charge is 2.00. The minimum atomic E-state index is 0. The van der Waals surface area contributed by atoms with E-state index >= 15 is 0 Å². The third-order valence-corrected chi connectivity index (χ3v) is 1.76. The largest absolute Gasteiger partial charge is 1.00 e. The van der Waals surface area contributed by atoms with Crippen LogP contribution in [0.1, 0.15) is 5.56 Å². The molecule has 2 rings (SSSR count). The average Bonchev–Trinajstić information content (AvgIpc) is 2.72. The number of pyridine rings is 1. The van der Waals surface area contributed by atoms with E-state index in [2.05, 4.69) is 25.8 Å². The predicted octanol–water partition coefficient (Wildman–Crippen LogP) is -3.03. The minimum absolute atomic E-state index is 0. The molecule has 80 valence electrons. The van der Waals surface area contributed by atoms with Crippen LogP contribution in [0.15, 0.2) is 34.6 Å². The van der Waals surface area contributed by atoms with Gasteiger partial charge in [0.1, 0.15) is 0 Å². The van der Waals surface area contributed by atoms with E-state index in [0.717, 1.165) is 24.6 Å². The van der Waals surface area contributed by atoms with E-state index in [1.807, 2.05) is 12.1 Å². The van der Waals surface area contributed by atoms with Crippen molar-refractivity contribution in [1.82, 2.24) is 15.7 Å². The number of halogens is 1. The summed E-state index contributed by atoms with van der Waals surface area (Å²) in [6.45, 7) is 1.69. The van der Waals surface area contributed by atoms with Crippen LogP contribution in [0.4, 0.5) is 0 Å². The van der Waals surface area contributed by atoms with Crippen molar-refractivity contribution in [1.29, 1.82) is 0 Å². The van der Waals surface area contributed by atoms with Crippen molar-refractivity contribution in [3.05, 3.63) is 30.1 Å². The van der Waals surface area contributed by atoms with Crippen LogP contribution in [0.2, 0.25) is 0 Å². The summed E-state index contributed by atoms with van der Waals surface area (Å²) in [7, 11) is 0. The Morgan fingerprint density at radius 3 is 2.87 bits per heavy atom. The quantitative estimate of drug-likeness (QED) is 0.415. The van der Waals surface area contributed by atoms with Gasteiger partial charge in [0.15, 0.2) is 0 Å². The van der Waals surface area contributed by atoms with E-state index in [1.54, 1.807) is 18.6 Å². The molecule has 1 aliphatic rings. The number of hydrogen-bond donors (Lipinski definition) is 2. The van der Waals surface area contributed by atoms with E-state index in [9.17, 15) is 0 Å². The van der Waals surface area contributed by atoms with Crippen molar-refractivity contribution in [2.24, 2.45) is 10.1 Å². The SMILES string of the molecule is C(=NNC1=NCCN1)c1ccncc1.[Cl-]. The first kappa shape index (κ1) is 11.5. The summed E-state index contributed by atoms with van der Waals surface area (Å²) in [5, 5.41) is 7.08. The summed E-state index contributed by atoms with van der Waals surface area (Å²) in [6, 6.07) is 3.77. The van der Waals surface area contributed by atoms with Crippen molar-refractivity contribution < 1.29 is 12.4 Å². The molecule has 2 heterocycles. The maximum atomic E-state index is 4.14. The summed E-state index contributed by atoms with van der Waals surface area (Å²) in [5.41, 5.74) is 3.82. The maximum absolute atomic E-state index is 4.14. The second-order valence-electron chi connectivity index (χ2n) is 2.81. The highest BCUT2D eigenvalue weighted by Crippen LogP contribution is 1.90. The molecule has 0 bridgehead atoms. The molecule has 6 heteroatoms. The van der Waals surface area contributed by atoms with Crippen molar-refractivity contribution >= 4 is 12.2 Å². The molecule has 5 nitrogen and oxygen atoms in total. The van der Waals surface area contributed by atoms with Crippen molar-refractivity contribution in [2.75, 3.05) is 13.1 Å². The summed E-state index contributed by atoms with van der Waals surface area (Å²) in [5.74, 6) is 0.732. The normalized spacial score (nSPS) is 14.3. The number of nitrogens with zero attached hydrogens (tertiary/aromatic N) is 3. The van der Waals surface area contributed by atoms with Gasteiger partial charge in [0.05, 0.1) is 12.8 Å². The second kappa shape index (κ2) is 5.98. The van der Waals surface area contributed by atoms with Crippen molar-refractivity contribution in [3.63, 3.8) is 0 Å². The van der Waals surface area contributed by atoms with E-state index in [0.29, 0.717) is 0 Å². The third kappa shape index (κ3) is 3.55. The fourth-order valence-electron chi connectivity index (χ4n) is 1.09. The number of hydrogen-bond acceptors (Lipinski definition) is 5. The van der Waals surface area contributed by atoms with E-state index < -0.39 is 0 Å². The number of hydrazone groups is 1. The summed E-state index contributed by atoms with van der Waals surface area (Å²) >= 11 is 0. The van der Waals surface area contributed by atoms with Crippen LogP contribution in [0, 0.1) is 0 Å². The predicted molar refractivity (Wildman–Crippen MR) is 55.3 cm³/mol. The Morgan fingerprint density at radius 1 is 1.40 bits per heavy atom. The fourth-order valence-corrected chi connectivity index (χ4v) is 1.09. The molecule has 0 atom stereocenters. The molecular formula is C9H11ClN5-. The molecule has 0 unspecified atom stereocenters. The monoisotopic (exact) mass is 224 g/mol. The second-order valence-corrected chi connectivity index (χ2v) is 2.81. The van der Waals surface area contributed by atoms with Gasteiger partial charge in [0.2, 0.25) is 5.96 Å². The molecule has 0 aromatic carbocycles. The summed E-state index contributed by atoms with van der Waals surface area (Å²) < 4.78 is 0. The Morgan fingerprint density at radius 2 is 2.20 bits per heavy atom. The van der Waals surface area contributed by atoms with Crippen LogP contribution in [0.5, 0.6) is 0 Å². The molecule has 1 aromatic heterocycles. The van der Waals surface area contributed by atoms with Gasteiger partial charge >= 0.3 is 0 Å². The Hall–Kier alpha value is -1.62. The minimum Gasteiger partial charge on any atom is -1.00 e. The summed E-state index contributed by atoms with van der Waals surface area (Å²) in [6.07, 6.45) is 5.18. The Balaban J connectivity index is 0.00000112. The van der Waals surface area contributed by atoms with E-state index in [-0.39, 0.29) is 12.4 Å². The molecule has 0 radical (unpaired) electrons. The highest BCUT2D eigenvalue weighted by atomic mass is 35.5. The molecule has 15 heavy (non-hydrogen) atoms. The number of rotatable bonds is 2. The molecule has 1 aliphatic heterocycles. The van der Waals surface area contributed by atoms with E-state index in [1.165, 1.54) is 0 Å². The first-order valence-electron chi connectivity index (χ1n) is 4.42. The van der Waals surface area contributed by atoms with Crippen LogP contribution in [-0.2, 0) is 0 Å². The van der Waals surface area contributed by atoms with Gasteiger partial charge < -0.3 is 17.7 Å². The lowest BCUT2D eigenvalue weighted by atomic mass is 10.3. The molecule has 0 saturated heterocycles. The van der Waals surface area contributed by atoms with Gasteiger partial charge in [0, 0.05) is 18.9 Å². The van der Waals surface area contributed by atoms with Crippen LogP contribution < -0.4 is 23.1 Å². The standard InChI is InChI=1S/C9H11N5.ClH/c1-3-10-4-2-8(1)7-13-14-9-11-5-6-12-9;/h1-4,7H,5-6H2,(H2,11,12,14);1H/p-1. The first-order valence-corrected chi connectivity index (χ1v) is 4.42. The van der Waals surface area contributed by atoms with Crippen LogP contribution in [-0.4, -0.2) is 30.2 Å². The van der Waals surface area contributed by atoms with Gasteiger partial charge in [-0.05, 0) is 17.7 Å². The van der Waals surface area contributed by atoms with Crippen molar-refractivity contribution in [3.8, 4) is 0 Å². The van der Waals surface area contributed by atoms with Crippen molar-refractivity contribution in [2.45, 2.75) is 0 Å². The number of nitrogens with one attached hydrogen (secondary N) is 2. The van der Waals surface area contributed by atoms with Gasteiger partial charge in [-0.25, -0.2) is 10.4 Å². The Bertz CT molecular complexity index is 349. The molecule has 1 aromatic rings. The van der Waals surface area contributed by atoms with Crippen LogP contribution in [0.25, 0.3) is 0 Å². The average molecular weight is 225 g/mol. The lowest BCUT2D eigenvalue weighted by Gasteiger charge is -1.98. The van der Waals surface area contributed by atoms with E-state index in [4.69, 9.17) is 0 Å².